The molecule has 0 saturated carbocycles. The van der Waals surface area contributed by atoms with E-state index in [1.807, 2.05) is 6.07 Å². The van der Waals surface area contributed by atoms with Gasteiger partial charge in [-0.1, -0.05) is 49.1 Å². The second-order valence-corrected chi connectivity index (χ2v) is 5.75. The Hall–Kier alpha value is -3.22. The molecular formula is C19H17F2N3O2. The lowest BCUT2D eigenvalue weighted by Crippen LogP contribution is -2.41. The van der Waals surface area contributed by atoms with Gasteiger partial charge in [0.2, 0.25) is 0 Å². The van der Waals surface area contributed by atoms with Crippen molar-refractivity contribution in [2.75, 3.05) is 7.05 Å². The SMILES string of the molecule is C=Cc1cc(C2(c3ccccc3)N=C(N)N(C)C2=O)ccc1OC(F)F. The second kappa shape index (κ2) is 6.59. The minimum absolute atomic E-state index is 0.0299. The van der Waals surface area contributed by atoms with E-state index in [1.165, 1.54) is 30.2 Å². The van der Waals surface area contributed by atoms with Gasteiger partial charge in [-0.05, 0) is 23.3 Å². The van der Waals surface area contributed by atoms with Crippen molar-refractivity contribution >= 4 is 17.9 Å². The molecule has 3 rings (SSSR count). The van der Waals surface area contributed by atoms with Crippen LogP contribution in [0, 0.1) is 0 Å². The van der Waals surface area contributed by atoms with E-state index < -0.39 is 12.2 Å². The Bertz CT molecular complexity index is 884. The zero-order valence-corrected chi connectivity index (χ0v) is 14.0. The lowest BCUT2D eigenvalue weighted by molar-refractivity contribution is -0.129. The minimum atomic E-state index is -2.96. The molecule has 0 bridgehead atoms. The zero-order chi connectivity index (χ0) is 18.9. The van der Waals surface area contributed by atoms with Gasteiger partial charge in [0.05, 0.1) is 0 Å². The summed E-state index contributed by atoms with van der Waals surface area (Å²) in [5.74, 6) is -0.289. The molecule has 0 saturated heterocycles. The number of nitrogens with two attached hydrogens (primary N) is 1. The fraction of sp³-hybridized carbons (Fsp3) is 0.158. The van der Waals surface area contributed by atoms with Gasteiger partial charge in [0.25, 0.3) is 5.91 Å². The van der Waals surface area contributed by atoms with E-state index in [4.69, 9.17) is 5.73 Å². The number of halogens is 2. The van der Waals surface area contributed by atoms with Gasteiger partial charge >= 0.3 is 6.61 Å². The van der Waals surface area contributed by atoms with Crippen molar-refractivity contribution < 1.29 is 18.3 Å². The molecule has 5 nitrogen and oxygen atoms in total. The number of likely N-dealkylation sites (N-methyl/N-ethyl adjacent to an activating group) is 1. The van der Waals surface area contributed by atoms with Crippen LogP contribution in [0.1, 0.15) is 16.7 Å². The normalized spacial score (nSPS) is 19.6. The highest BCUT2D eigenvalue weighted by Crippen LogP contribution is 2.40. The monoisotopic (exact) mass is 357 g/mol. The maximum atomic E-state index is 13.1. The molecule has 1 unspecified atom stereocenters. The van der Waals surface area contributed by atoms with Gasteiger partial charge in [-0.15, -0.1) is 0 Å². The summed E-state index contributed by atoms with van der Waals surface area (Å²) in [6.07, 6.45) is 1.39. The van der Waals surface area contributed by atoms with Gasteiger partial charge in [-0.2, -0.15) is 8.78 Å². The van der Waals surface area contributed by atoms with Crippen molar-refractivity contribution in [3.8, 4) is 5.75 Å². The quantitative estimate of drug-likeness (QED) is 0.895. The van der Waals surface area contributed by atoms with Crippen molar-refractivity contribution in [2.24, 2.45) is 10.7 Å². The Morgan fingerprint density at radius 2 is 1.92 bits per heavy atom. The maximum absolute atomic E-state index is 13.1. The number of rotatable bonds is 5. The maximum Gasteiger partial charge on any atom is 0.387 e. The van der Waals surface area contributed by atoms with Crippen LogP contribution in [-0.4, -0.2) is 30.4 Å². The number of ether oxygens (including phenoxy) is 1. The summed E-state index contributed by atoms with van der Waals surface area (Å²) in [6, 6.07) is 13.4. The number of guanidine groups is 1. The van der Waals surface area contributed by atoms with Crippen molar-refractivity contribution in [3.05, 3.63) is 71.8 Å². The predicted octanol–water partition coefficient (Wildman–Crippen LogP) is 2.96. The van der Waals surface area contributed by atoms with Gasteiger partial charge < -0.3 is 10.5 Å². The number of hydrogen-bond acceptors (Lipinski definition) is 4. The number of carbonyl (C=O) groups is 1. The first kappa shape index (κ1) is 17.6. The highest BCUT2D eigenvalue weighted by atomic mass is 19.3. The summed E-state index contributed by atoms with van der Waals surface area (Å²) in [5.41, 5.74) is 5.94. The fourth-order valence-electron chi connectivity index (χ4n) is 3.00. The van der Waals surface area contributed by atoms with Crippen molar-refractivity contribution in [1.82, 2.24) is 4.90 Å². The van der Waals surface area contributed by atoms with E-state index >= 15 is 0 Å². The molecule has 1 heterocycles. The van der Waals surface area contributed by atoms with Crippen LogP contribution in [0.15, 0.2) is 60.1 Å². The Labute approximate surface area is 149 Å². The topological polar surface area (TPSA) is 67.9 Å². The molecule has 1 atom stereocenters. The van der Waals surface area contributed by atoms with Crippen LogP contribution in [0.5, 0.6) is 5.75 Å². The zero-order valence-electron chi connectivity index (χ0n) is 14.0. The fourth-order valence-corrected chi connectivity index (χ4v) is 3.00. The number of nitrogens with zero attached hydrogens (tertiary/aromatic N) is 2. The molecule has 1 aliphatic rings. The Morgan fingerprint density at radius 1 is 1.23 bits per heavy atom. The molecule has 2 N–H and O–H groups in total. The highest BCUT2D eigenvalue weighted by molar-refractivity contribution is 6.09. The molecular weight excluding hydrogens is 340 g/mol. The number of carbonyl (C=O) groups excluding carboxylic acids is 1. The lowest BCUT2D eigenvalue weighted by atomic mass is 9.82. The van der Waals surface area contributed by atoms with Crippen LogP contribution in [0.4, 0.5) is 8.78 Å². The standard InChI is InChI=1S/C19H17F2N3O2/c1-3-12-11-14(9-10-15(12)26-17(20)21)19(13-7-5-4-6-8-13)16(25)24(2)18(22)23-19/h3-11,17H,1H2,2H3,(H2,22,23). The molecule has 134 valence electrons. The summed E-state index contributed by atoms with van der Waals surface area (Å²) in [5, 5.41) is 0. The van der Waals surface area contributed by atoms with Crippen LogP contribution < -0.4 is 10.5 Å². The lowest BCUT2D eigenvalue weighted by Gasteiger charge is -2.26. The van der Waals surface area contributed by atoms with Gasteiger partial charge in [0, 0.05) is 12.6 Å². The van der Waals surface area contributed by atoms with Crippen LogP contribution >= 0.6 is 0 Å². The molecule has 0 aromatic heterocycles. The van der Waals surface area contributed by atoms with Crippen LogP contribution in [0.25, 0.3) is 6.08 Å². The van der Waals surface area contributed by atoms with Gasteiger partial charge in [0.1, 0.15) is 5.75 Å². The number of amides is 1. The van der Waals surface area contributed by atoms with Crippen molar-refractivity contribution in [3.63, 3.8) is 0 Å². The molecule has 2 aromatic rings. The molecule has 0 aliphatic carbocycles. The minimum Gasteiger partial charge on any atom is -0.434 e. The number of alkyl halides is 2. The summed E-state index contributed by atoms with van der Waals surface area (Å²) >= 11 is 0. The largest absolute Gasteiger partial charge is 0.434 e. The number of hydrogen-bond donors (Lipinski definition) is 1. The summed E-state index contributed by atoms with van der Waals surface area (Å²) in [7, 11) is 1.54. The molecule has 1 aliphatic heterocycles. The van der Waals surface area contributed by atoms with Gasteiger partial charge in [-0.25, -0.2) is 4.99 Å². The van der Waals surface area contributed by atoms with E-state index in [9.17, 15) is 13.6 Å². The Morgan fingerprint density at radius 3 is 2.46 bits per heavy atom. The second-order valence-electron chi connectivity index (χ2n) is 5.75. The highest BCUT2D eigenvalue weighted by Gasteiger charge is 2.49. The van der Waals surface area contributed by atoms with Crippen molar-refractivity contribution in [2.45, 2.75) is 12.2 Å². The Balaban J connectivity index is 2.22. The van der Waals surface area contributed by atoms with Gasteiger partial charge in [0.15, 0.2) is 11.5 Å². The van der Waals surface area contributed by atoms with E-state index in [2.05, 4.69) is 16.3 Å². The molecule has 26 heavy (non-hydrogen) atoms. The van der Waals surface area contributed by atoms with E-state index in [-0.39, 0.29) is 17.6 Å². The average molecular weight is 357 g/mol. The number of aliphatic imine (C=N–C) groups is 1. The van der Waals surface area contributed by atoms with Crippen LogP contribution in [0.3, 0.4) is 0 Å². The number of benzene rings is 2. The first-order valence-electron chi connectivity index (χ1n) is 7.81. The third-order valence-corrected chi connectivity index (χ3v) is 4.30. The third kappa shape index (κ3) is 2.71. The third-order valence-electron chi connectivity index (χ3n) is 4.30. The summed E-state index contributed by atoms with van der Waals surface area (Å²) in [6.45, 7) is 0.668. The van der Waals surface area contributed by atoms with E-state index in [0.717, 1.165) is 0 Å². The Kier molecular flexibility index (Phi) is 4.46. The van der Waals surface area contributed by atoms with Crippen molar-refractivity contribution in [1.29, 1.82) is 0 Å². The average Bonchev–Trinajstić information content (AvgIpc) is 2.87. The smallest absolute Gasteiger partial charge is 0.387 e. The molecule has 1 amide bonds. The summed E-state index contributed by atoms with van der Waals surface area (Å²) in [4.78, 5) is 18.8. The molecule has 0 radical (unpaired) electrons. The predicted molar refractivity (Wildman–Crippen MR) is 94.8 cm³/mol. The first-order valence-corrected chi connectivity index (χ1v) is 7.81. The van der Waals surface area contributed by atoms with Crippen LogP contribution in [-0.2, 0) is 10.3 Å². The van der Waals surface area contributed by atoms with Crippen LogP contribution in [0.2, 0.25) is 0 Å². The summed E-state index contributed by atoms with van der Waals surface area (Å²) < 4.78 is 29.7. The molecule has 0 spiro atoms. The van der Waals surface area contributed by atoms with Gasteiger partial charge in [-0.3, -0.25) is 9.69 Å². The molecule has 7 heteroatoms. The van der Waals surface area contributed by atoms with E-state index in [1.54, 1.807) is 30.3 Å². The molecule has 0 fully saturated rings. The molecule has 2 aromatic carbocycles. The van der Waals surface area contributed by atoms with E-state index in [0.29, 0.717) is 16.7 Å². The first-order chi connectivity index (χ1) is 12.4.